The Bertz CT molecular complexity index is 1090. The smallest absolute Gasteiger partial charge is 0.324 e. The fourth-order valence-corrected chi connectivity index (χ4v) is 3.92. The van der Waals surface area contributed by atoms with Crippen LogP contribution in [0.4, 0.5) is 10.5 Å². The molecule has 2 amide bonds. The Morgan fingerprint density at radius 1 is 1.21 bits per heavy atom. The number of nitrogens with zero attached hydrogens (tertiary/aromatic N) is 5. The van der Waals surface area contributed by atoms with Gasteiger partial charge >= 0.3 is 11.7 Å². The lowest BCUT2D eigenvalue weighted by atomic mass is 9.95. The van der Waals surface area contributed by atoms with Gasteiger partial charge in [0.1, 0.15) is 6.33 Å². The summed E-state index contributed by atoms with van der Waals surface area (Å²) >= 11 is 0. The van der Waals surface area contributed by atoms with Gasteiger partial charge in [-0.25, -0.2) is 19.6 Å². The average molecular weight is 380 g/mol. The molecule has 1 N–H and O–H groups in total. The van der Waals surface area contributed by atoms with Crippen molar-refractivity contribution in [1.82, 2.24) is 24.0 Å². The number of nitrogens with one attached hydrogen (secondary N) is 1. The fourth-order valence-electron chi connectivity index (χ4n) is 3.92. The number of hydrogen-bond acceptors (Lipinski definition) is 4. The minimum absolute atomic E-state index is 0.0819. The molecule has 1 aliphatic rings. The molecular weight excluding hydrogens is 356 g/mol. The first-order valence-electron chi connectivity index (χ1n) is 9.43. The molecule has 0 bridgehead atoms. The molecule has 0 spiro atoms. The predicted octanol–water partition coefficient (Wildman–Crippen LogP) is 2.39. The van der Waals surface area contributed by atoms with Crippen LogP contribution in [0.2, 0.25) is 0 Å². The number of aryl methyl sites for hydroxylation is 3. The number of aromatic nitrogens is 4. The minimum Gasteiger partial charge on any atom is -0.324 e. The Morgan fingerprint density at radius 3 is 2.68 bits per heavy atom. The minimum atomic E-state index is -0.123. The van der Waals surface area contributed by atoms with E-state index in [0.717, 1.165) is 47.4 Å². The normalized spacial score (nSPS) is 17.1. The number of anilines is 1. The lowest BCUT2D eigenvalue weighted by Gasteiger charge is -2.32. The molecule has 1 aromatic carbocycles. The summed E-state index contributed by atoms with van der Waals surface area (Å²) in [6.45, 7) is 3.29. The van der Waals surface area contributed by atoms with E-state index in [1.54, 1.807) is 35.8 Å². The maximum atomic E-state index is 12.9. The second-order valence-corrected chi connectivity index (χ2v) is 7.41. The first-order chi connectivity index (χ1) is 13.5. The van der Waals surface area contributed by atoms with E-state index >= 15 is 0 Å². The molecule has 0 radical (unpaired) electrons. The number of rotatable bonds is 2. The van der Waals surface area contributed by atoms with Gasteiger partial charge in [-0.3, -0.25) is 9.13 Å². The number of carbonyl (C=O) groups excluding carboxylic acids is 1. The summed E-state index contributed by atoms with van der Waals surface area (Å²) in [5, 5.41) is 3.03. The van der Waals surface area contributed by atoms with Gasteiger partial charge in [0.05, 0.1) is 11.0 Å². The molecule has 1 atom stereocenters. The van der Waals surface area contributed by atoms with Crippen molar-refractivity contribution in [1.29, 1.82) is 0 Å². The number of imidazole rings is 1. The summed E-state index contributed by atoms with van der Waals surface area (Å²) in [5.41, 5.74) is 4.19. The zero-order chi connectivity index (χ0) is 19.8. The maximum absolute atomic E-state index is 12.9. The molecule has 28 heavy (non-hydrogen) atoms. The van der Waals surface area contributed by atoms with Crippen molar-refractivity contribution >= 4 is 22.8 Å². The van der Waals surface area contributed by atoms with Crippen molar-refractivity contribution < 1.29 is 4.79 Å². The van der Waals surface area contributed by atoms with E-state index < -0.39 is 0 Å². The Balaban J connectivity index is 1.55. The highest BCUT2D eigenvalue weighted by Crippen LogP contribution is 2.27. The standard InChI is InChI=1S/C20H24N6O2/c1-13-9-17-18(25(3)20(28)24(17)2)10-16(13)23-19(27)26-8-4-5-14(11-26)15-6-7-21-12-22-15/h6-7,9-10,12,14H,4-5,8,11H2,1-3H3,(H,23,27)/t14-/m0/s1. The first-order valence-corrected chi connectivity index (χ1v) is 9.43. The lowest BCUT2D eigenvalue weighted by molar-refractivity contribution is 0.192. The summed E-state index contributed by atoms with van der Waals surface area (Å²) in [7, 11) is 3.49. The summed E-state index contributed by atoms with van der Waals surface area (Å²) in [6, 6.07) is 5.60. The largest absolute Gasteiger partial charge is 0.328 e. The molecule has 0 aliphatic carbocycles. The molecule has 0 unspecified atom stereocenters. The molecule has 8 heteroatoms. The highest BCUT2D eigenvalue weighted by Gasteiger charge is 2.26. The summed E-state index contributed by atoms with van der Waals surface area (Å²) in [5.74, 6) is 0.223. The Labute approximate surface area is 162 Å². The third kappa shape index (κ3) is 3.15. The van der Waals surface area contributed by atoms with Gasteiger partial charge < -0.3 is 10.2 Å². The van der Waals surface area contributed by atoms with E-state index in [2.05, 4.69) is 15.3 Å². The third-order valence-corrected chi connectivity index (χ3v) is 5.59. The van der Waals surface area contributed by atoms with Crippen LogP contribution in [0.3, 0.4) is 0 Å². The van der Waals surface area contributed by atoms with Crippen LogP contribution in [0.25, 0.3) is 11.0 Å². The van der Waals surface area contributed by atoms with Crippen LogP contribution in [0.1, 0.15) is 30.0 Å². The molecule has 4 rings (SSSR count). The van der Waals surface area contributed by atoms with E-state index in [-0.39, 0.29) is 17.6 Å². The zero-order valence-electron chi connectivity index (χ0n) is 16.3. The molecule has 2 aromatic heterocycles. The molecule has 3 heterocycles. The molecular formula is C20H24N6O2. The Kier molecular flexibility index (Phi) is 4.62. The van der Waals surface area contributed by atoms with Crippen molar-refractivity contribution in [3.05, 3.63) is 52.5 Å². The molecule has 0 saturated carbocycles. The zero-order valence-corrected chi connectivity index (χ0v) is 16.3. The number of likely N-dealkylation sites (tertiary alicyclic amines) is 1. The predicted molar refractivity (Wildman–Crippen MR) is 107 cm³/mol. The van der Waals surface area contributed by atoms with Crippen molar-refractivity contribution in [3.63, 3.8) is 0 Å². The van der Waals surface area contributed by atoms with Gasteiger partial charge in [0, 0.05) is 50.7 Å². The quantitative estimate of drug-likeness (QED) is 0.740. The molecule has 3 aromatic rings. The van der Waals surface area contributed by atoms with Gasteiger partial charge in [-0.15, -0.1) is 0 Å². The summed E-state index contributed by atoms with van der Waals surface area (Å²) < 4.78 is 3.21. The number of hydrogen-bond donors (Lipinski definition) is 1. The first kappa shape index (κ1) is 18.2. The van der Waals surface area contributed by atoms with Crippen molar-refractivity contribution in [2.45, 2.75) is 25.7 Å². The van der Waals surface area contributed by atoms with Crippen LogP contribution in [0.15, 0.2) is 35.5 Å². The number of carbonyl (C=O) groups is 1. The molecule has 1 saturated heterocycles. The van der Waals surface area contributed by atoms with Crippen LogP contribution in [-0.2, 0) is 14.1 Å². The monoisotopic (exact) mass is 380 g/mol. The van der Waals surface area contributed by atoms with Crippen LogP contribution in [0, 0.1) is 6.92 Å². The number of piperidine rings is 1. The summed E-state index contributed by atoms with van der Waals surface area (Å²) in [4.78, 5) is 35.2. The van der Waals surface area contributed by atoms with Gasteiger partial charge in [0.2, 0.25) is 0 Å². The second kappa shape index (κ2) is 7.10. The number of urea groups is 1. The van der Waals surface area contributed by atoms with Crippen LogP contribution in [0.5, 0.6) is 0 Å². The van der Waals surface area contributed by atoms with Crippen molar-refractivity contribution in [3.8, 4) is 0 Å². The number of benzene rings is 1. The molecule has 1 fully saturated rings. The van der Waals surface area contributed by atoms with Crippen LogP contribution in [-0.4, -0.2) is 43.1 Å². The van der Waals surface area contributed by atoms with Gasteiger partial charge in [-0.1, -0.05) is 0 Å². The highest BCUT2D eigenvalue weighted by molar-refractivity contribution is 5.93. The topological polar surface area (TPSA) is 85.1 Å². The SMILES string of the molecule is Cc1cc2c(cc1NC(=O)N1CCC[C@H](c3ccncn3)C1)n(C)c(=O)n2C. The van der Waals surface area contributed by atoms with Gasteiger partial charge in [-0.05, 0) is 43.5 Å². The van der Waals surface area contributed by atoms with Gasteiger partial charge in [-0.2, -0.15) is 0 Å². The van der Waals surface area contributed by atoms with Crippen molar-refractivity contribution in [2.24, 2.45) is 14.1 Å². The van der Waals surface area contributed by atoms with Crippen molar-refractivity contribution in [2.75, 3.05) is 18.4 Å². The van der Waals surface area contributed by atoms with E-state index in [9.17, 15) is 9.59 Å². The van der Waals surface area contributed by atoms with Gasteiger partial charge in [0.25, 0.3) is 0 Å². The second-order valence-electron chi connectivity index (χ2n) is 7.41. The van der Waals surface area contributed by atoms with E-state index in [4.69, 9.17) is 0 Å². The average Bonchev–Trinajstić information content (AvgIpc) is 2.93. The maximum Gasteiger partial charge on any atom is 0.328 e. The van der Waals surface area contributed by atoms with Gasteiger partial charge in [0.15, 0.2) is 0 Å². The van der Waals surface area contributed by atoms with Crippen LogP contribution >= 0.6 is 0 Å². The molecule has 8 nitrogen and oxygen atoms in total. The lowest BCUT2D eigenvalue weighted by Crippen LogP contribution is -2.41. The fraction of sp³-hybridized carbons (Fsp3) is 0.400. The van der Waals surface area contributed by atoms with E-state index in [1.165, 1.54) is 0 Å². The number of fused-ring (bicyclic) bond motifs is 1. The highest BCUT2D eigenvalue weighted by atomic mass is 16.2. The molecule has 1 aliphatic heterocycles. The summed E-state index contributed by atoms with van der Waals surface area (Å²) in [6.07, 6.45) is 5.24. The molecule has 146 valence electrons. The Hall–Kier alpha value is -3.16. The Morgan fingerprint density at radius 2 is 1.96 bits per heavy atom. The number of amides is 2. The van der Waals surface area contributed by atoms with E-state index in [1.807, 2.05) is 30.0 Å². The van der Waals surface area contributed by atoms with Crippen LogP contribution < -0.4 is 11.0 Å². The third-order valence-electron chi connectivity index (χ3n) is 5.59. The van der Waals surface area contributed by atoms with E-state index in [0.29, 0.717) is 6.54 Å².